The average Bonchev–Trinajstić information content (AvgIpc) is 3.46. The first-order chi connectivity index (χ1) is 12.5. The van der Waals surface area contributed by atoms with Gasteiger partial charge in [-0.05, 0) is 55.0 Å². The van der Waals surface area contributed by atoms with Gasteiger partial charge in [-0.15, -0.1) is 0 Å². The maximum atomic E-state index is 12.9. The fourth-order valence-corrected chi connectivity index (χ4v) is 3.02. The minimum absolute atomic E-state index is 0.230. The van der Waals surface area contributed by atoms with Gasteiger partial charge in [0.2, 0.25) is 11.8 Å². The van der Waals surface area contributed by atoms with E-state index >= 15 is 0 Å². The molecule has 2 aromatic carbocycles. The van der Waals surface area contributed by atoms with Crippen LogP contribution in [0.3, 0.4) is 0 Å². The van der Waals surface area contributed by atoms with Crippen LogP contribution in [0.1, 0.15) is 30.9 Å². The Balaban J connectivity index is 1.56. The summed E-state index contributed by atoms with van der Waals surface area (Å²) in [7, 11) is 0. The number of carbonyl (C=O) groups excluding carboxylic acids is 2. The van der Waals surface area contributed by atoms with E-state index in [0.29, 0.717) is 25.8 Å². The lowest BCUT2D eigenvalue weighted by molar-refractivity contribution is -0.134. The van der Waals surface area contributed by atoms with Crippen molar-refractivity contribution in [3.05, 3.63) is 65.5 Å². The van der Waals surface area contributed by atoms with Gasteiger partial charge in [0.25, 0.3) is 0 Å². The summed E-state index contributed by atoms with van der Waals surface area (Å²) in [5.74, 6) is -0.748. The van der Waals surface area contributed by atoms with Crippen LogP contribution in [0.5, 0.6) is 0 Å². The van der Waals surface area contributed by atoms with Gasteiger partial charge in [0, 0.05) is 12.2 Å². The quantitative estimate of drug-likeness (QED) is 0.748. The summed E-state index contributed by atoms with van der Waals surface area (Å²) in [6, 6.07) is 13.8. The number of benzene rings is 2. The number of amides is 2. The van der Waals surface area contributed by atoms with Crippen molar-refractivity contribution in [2.24, 2.45) is 5.41 Å². The average molecular weight is 354 g/mol. The second kappa shape index (κ2) is 7.68. The Hall–Kier alpha value is -2.69. The van der Waals surface area contributed by atoms with Crippen molar-refractivity contribution >= 4 is 17.5 Å². The van der Waals surface area contributed by atoms with Crippen LogP contribution >= 0.6 is 0 Å². The number of rotatable bonds is 7. The van der Waals surface area contributed by atoms with Crippen LogP contribution in [-0.4, -0.2) is 18.4 Å². The second-order valence-electron chi connectivity index (χ2n) is 6.68. The Kier molecular flexibility index (Phi) is 5.35. The minimum Gasteiger partial charge on any atom is -0.355 e. The first-order valence-corrected chi connectivity index (χ1v) is 8.97. The van der Waals surface area contributed by atoms with E-state index in [2.05, 4.69) is 10.6 Å². The molecule has 0 spiro atoms. The van der Waals surface area contributed by atoms with Crippen LogP contribution in [0.2, 0.25) is 0 Å². The van der Waals surface area contributed by atoms with Gasteiger partial charge in [-0.2, -0.15) is 0 Å². The lowest BCUT2D eigenvalue weighted by atomic mass is 10.0. The predicted octanol–water partition coefficient (Wildman–Crippen LogP) is 3.47. The molecular weight excluding hydrogens is 331 g/mol. The zero-order valence-electron chi connectivity index (χ0n) is 14.8. The minimum atomic E-state index is -0.955. The van der Waals surface area contributed by atoms with E-state index < -0.39 is 5.41 Å². The summed E-state index contributed by atoms with van der Waals surface area (Å²) in [5, 5.41) is 5.77. The molecule has 0 radical (unpaired) electrons. The van der Waals surface area contributed by atoms with Gasteiger partial charge in [0.15, 0.2) is 0 Å². The molecule has 136 valence electrons. The SMILES string of the molecule is CCc1ccccc1NC(=O)C1(C(=O)NCCc2ccc(F)cc2)CC1. The number of para-hydroxylation sites is 1. The maximum absolute atomic E-state index is 12.9. The molecular formula is C21H23FN2O2. The fraction of sp³-hybridized carbons (Fsp3) is 0.333. The third kappa shape index (κ3) is 3.93. The van der Waals surface area contributed by atoms with Crippen LogP contribution in [0.4, 0.5) is 10.1 Å². The van der Waals surface area contributed by atoms with E-state index in [1.165, 1.54) is 12.1 Å². The summed E-state index contributed by atoms with van der Waals surface area (Å²) in [4.78, 5) is 25.2. The molecule has 4 nitrogen and oxygen atoms in total. The normalized spacial score (nSPS) is 14.5. The molecule has 1 fully saturated rings. The third-order valence-corrected chi connectivity index (χ3v) is 4.88. The van der Waals surface area contributed by atoms with Gasteiger partial charge >= 0.3 is 0 Å². The zero-order chi connectivity index (χ0) is 18.6. The number of anilines is 1. The Morgan fingerprint density at radius 2 is 1.73 bits per heavy atom. The van der Waals surface area contributed by atoms with Crippen molar-refractivity contribution < 1.29 is 14.0 Å². The summed E-state index contributed by atoms with van der Waals surface area (Å²) in [6.45, 7) is 2.45. The number of aryl methyl sites for hydroxylation is 1. The van der Waals surface area contributed by atoms with Gasteiger partial charge in [0.1, 0.15) is 11.2 Å². The van der Waals surface area contributed by atoms with Crippen molar-refractivity contribution in [3.8, 4) is 0 Å². The molecule has 1 aliphatic carbocycles. The molecule has 0 aliphatic heterocycles. The standard InChI is InChI=1S/C21H23FN2O2/c1-2-16-5-3-4-6-18(16)24-20(26)21(12-13-21)19(25)23-14-11-15-7-9-17(22)10-8-15/h3-10H,2,11-14H2,1H3,(H,23,25)(H,24,26). The molecule has 2 amide bonds. The molecule has 5 heteroatoms. The molecule has 0 atom stereocenters. The van der Waals surface area contributed by atoms with Gasteiger partial charge in [0.05, 0.1) is 0 Å². The van der Waals surface area contributed by atoms with E-state index in [-0.39, 0.29) is 17.6 Å². The van der Waals surface area contributed by atoms with E-state index in [1.807, 2.05) is 31.2 Å². The Morgan fingerprint density at radius 1 is 1.04 bits per heavy atom. The van der Waals surface area contributed by atoms with E-state index in [1.54, 1.807) is 12.1 Å². The number of halogens is 1. The number of hydrogen-bond donors (Lipinski definition) is 2. The van der Waals surface area contributed by atoms with Crippen molar-refractivity contribution in [3.63, 3.8) is 0 Å². The Morgan fingerprint density at radius 3 is 2.38 bits per heavy atom. The first kappa shape index (κ1) is 18.1. The molecule has 2 N–H and O–H groups in total. The number of hydrogen-bond acceptors (Lipinski definition) is 2. The third-order valence-electron chi connectivity index (χ3n) is 4.88. The molecule has 0 heterocycles. The van der Waals surface area contributed by atoms with E-state index in [4.69, 9.17) is 0 Å². The van der Waals surface area contributed by atoms with Gasteiger partial charge in [-0.1, -0.05) is 37.3 Å². The summed E-state index contributed by atoms with van der Waals surface area (Å²) in [6.07, 6.45) is 2.54. The largest absolute Gasteiger partial charge is 0.355 e. The highest BCUT2D eigenvalue weighted by atomic mass is 19.1. The molecule has 0 saturated heterocycles. The highest BCUT2D eigenvalue weighted by molar-refractivity contribution is 6.13. The van der Waals surface area contributed by atoms with Crippen LogP contribution in [-0.2, 0) is 22.4 Å². The number of nitrogens with one attached hydrogen (secondary N) is 2. The van der Waals surface area contributed by atoms with Gasteiger partial charge in [-0.25, -0.2) is 4.39 Å². The van der Waals surface area contributed by atoms with Crippen LogP contribution in [0.25, 0.3) is 0 Å². The lowest BCUT2D eigenvalue weighted by Crippen LogP contribution is -2.40. The molecule has 1 aliphatic rings. The zero-order valence-corrected chi connectivity index (χ0v) is 14.8. The van der Waals surface area contributed by atoms with Gasteiger partial charge in [-0.3, -0.25) is 9.59 Å². The monoisotopic (exact) mass is 354 g/mol. The van der Waals surface area contributed by atoms with Gasteiger partial charge < -0.3 is 10.6 Å². The fourth-order valence-electron chi connectivity index (χ4n) is 3.02. The molecule has 1 saturated carbocycles. The summed E-state index contributed by atoms with van der Waals surface area (Å²) < 4.78 is 12.9. The topological polar surface area (TPSA) is 58.2 Å². The first-order valence-electron chi connectivity index (χ1n) is 8.97. The van der Waals surface area contributed by atoms with E-state index in [0.717, 1.165) is 23.2 Å². The smallest absolute Gasteiger partial charge is 0.240 e. The van der Waals surface area contributed by atoms with Crippen molar-refractivity contribution in [1.29, 1.82) is 0 Å². The maximum Gasteiger partial charge on any atom is 0.240 e. The lowest BCUT2D eigenvalue weighted by Gasteiger charge is -2.17. The summed E-state index contributed by atoms with van der Waals surface area (Å²) >= 11 is 0. The highest BCUT2D eigenvalue weighted by Crippen LogP contribution is 2.47. The summed E-state index contributed by atoms with van der Waals surface area (Å²) in [5.41, 5.74) is 1.81. The second-order valence-corrected chi connectivity index (χ2v) is 6.68. The van der Waals surface area contributed by atoms with Crippen molar-refractivity contribution in [2.75, 3.05) is 11.9 Å². The van der Waals surface area contributed by atoms with Crippen LogP contribution in [0.15, 0.2) is 48.5 Å². The Bertz CT molecular complexity index is 798. The number of carbonyl (C=O) groups is 2. The van der Waals surface area contributed by atoms with Crippen molar-refractivity contribution in [2.45, 2.75) is 32.6 Å². The van der Waals surface area contributed by atoms with Crippen molar-refractivity contribution in [1.82, 2.24) is 5.32 Å². The highest BCUT2D eigenvalue weighted by Gasteiger charge is 2.56. The molecule has 26 heavy (non-hydrogen) atoms. The van der Waals surface area contributed by atoms with Crippen LogP contribution in [0, 0.1) is 11.2 Å². The molecule has 3 rings (SSSR count). The van der Waals surface area contributed by atoms with E-state index in [9.17, 15) is 14.0 Å². The molecule has 2 aromatic rings. The molecule has 0 unspecified atom stereocenters. The molecule has 0 bridgehead atoms. The predicted molar refractivity (Wildman–Crippen MR) is 99.2 cm³/mol. The molecule has 0 aromatic heterocycles. The Labute approximate surface area is 152 Å². The van der Waals surface area contributed by atoms with Crippen LogP contribution < -0.4 is 10.6 Å².